The number of anilines is 2. The lowest BCUT2D eigenvalue weighted by Crippen LogP contribution is -2.29. The molecule has 0 radical (unpaired) electrons. The minimum Gasteiger partial charge on any atom is -0.372 e. The van der Waals surface area contributed by atoms with Crippen molar-refractivity contribution in [2.24, 2.45) is 0 Å². The summed E-state index contributed by atoms with van der Waals surface area (Å²) in [5.41, 5.74) is 5.12. The maximum atomic E-state index is 12.4. The normalized spacial score (nSPS) is 14.5. The molecule has 1 aromatic carbocycles. The van der Waals surface area contributed by atoms with E-state index in [4.69, 9.17) is 0 Å². The van der Waals surface area contributed by atoms with Crippen LogP contribution in [0.3, 0.4) is 0 Å². The second-order valence-corrected chi connectivity index (χ2v) is 7.22. The molecule has 0 bridgehead atoms. The molecule has 0 spiro atoms. The van der Waals surface area contributed by atoms with Gasteiger partial charge in [-0.25, -0.2) is 4.98 Å². The van der Waals surface area contributed by atoms with Crippen LogP contribution >= 0.6 is 0 Å². The molecule has 0 atom stereocenters. The Morgan fingerprint density at radius 3 is 2.63 bits per heavy atom. The van der Waals surface area contributed by atoms with Crippen molar-refractivity contribution in [3.63, 3.8) is 0 Å². The molecule has 27 heavy (non-hydrogen) atoms. The van der Waals surface area contributed by atoms with Crippen molar-refractivity contribution in [3.05, 3.63) is 60.0 Å². The fourth-order valence-electron chi connectivity index (χ4n) is 3.83. The molecule has 0 aliphatic carbocycles. The van der Waals surface area contributed by atoms with E-state index in [0.29, 0.717) is 12.8 Å². The highest BCUT2D eigenvalue weighted by Crippen LogP contribution is 2.22. The van der Waals surface area contributed by atoms with E-state index in [1.807, 2.05) is 43.5 Å². The number of aromatic nitrogens is 2. The number of benzene rings is 1. The van der Waals surface area contributed by atoms with E-state index in [1.165, 1.54) is 24.9 Å². The Balaban J connectivity index is 1.35. The number of rotatable bonds is 5. The van der Waals surface area contributed by atoms with Crippen LogP contribution in [0.1, 0.15) is 37.1 Å². The Labute approximate surface area is 160 Å². The molecular weight excluding hydrogens is 336 g/mol. The molecule has 1 aliphatic heterocycles. The number of hydrogen-bond donors (Lipinski definition) is 1. The lowest BCUT2D eigenvalue weighted by Gasteiger charge is -2.28. The molecule has 1 N–H and O–H groups in total. The van der Waals surface area contributed by atoms with Crippen molar-refractivity contribution in [1.29, 1.82) is 0 Å². The smallest absolute Gasteiger partial charge is 0.224 e. The minimum atomic E-state index is 0.0333. The summed E-state index contributed by atoms with van der Waals surface area (Å²) in [4.78, 5) is 19.4. The molecule has 5 nitrogen and oxygen atoms in total. The standard InChI is InChI=1S/C22H26N4O/c1-17-20(26-16-6-3-7-21(26)23-17)12-13-22(27)24-18-8-10-19(11-9-18)25-14-4-2-5-15-25/h3,6-11,16H,2,4-5,12-15H2,1H3,(H,24,27). The number of hydrogen-bond acceptors (Lipinski definition) is 3. The zero-order valence-electron chi connectivity index (χ0n) is 15.8. The molecule has 0 unspecified atom stereocenters. The number of imidazole rings is 1. The Morgan fingerprint density at radius 1 is 1.07 bits per heavy atom. The predicted octanol–water partition coefficient (Wildman–Crippen LogP) is 4.20. The lowest BCUT2D eigenvalue weighted by molar-refractivity contribution is -0.116. The van der Waals surface area contributed by atoms with Crippen LogP contribution in [0.5, 0.6) is 0 Å². The summed E-state index contributed by atoms with van der Waals surface area (Å²) in [5, 5.41) is 3.01. The molecule has 3 aromatic rings. The van der Waals surface area contributed by atoms with Gasteiger partial charge in [-0.05, 0) is 69.0 Å². The van der Waals surface area contributed by atoms with Crippen molar-refractivity contribution in [2.45, 2.75) is 39.0 Å². The van der Waals surface area contributed by atoms with Gasteiger partial charge in [-0.1, -0.05) is 6.07 Å². The maximum Gasteiger partial charge on any atom is 0.224 e. The Kier molecular flexibility index (Phi) is 5.10. The minimum absolute atomic E-state index is 0.0333. The van der Waals surface area contributed by atoms with Gasteiger partial charge >= 0.3 is 0 Å². The van der Waals surface area contributed by atoms with Crippen LogP contribution < -0.4 is 10.2 Å². The number of aryl methyl sites for hydroxylation is 2. The molecule has 2 aromatic heterocycles. The van der Waals surface area contributed by atoms with Gasteiger partial charge in [0.05, 0.1) is 5.69 Å². The summed E-state index contributed by atoms with van der Waals surface area (Å²) in [5.74, 6) is 0.0333. The SMILES string of the molecule is Cc1nc2ccccn2c1CCC(=O)Nc1ccc(N2CCCCC2)cc1. The van der Waals surface area contributed by atoms with E-state index < -0.39 is 0 Å². The average molecular weight is 362 g/mol. The topological polar surface area (TPSA) is 49.6 Å². The zero-order valence-corrected chi connectivity index (χ0v) is 15.8. The van der Waals surface area contributed by atoms with Crippen molar-refractivity contribution < 1.29 is 4.79 Å². The summed E-state index contributed by atoms with van der Waals surface area (Å²) >= 11 is 0. The summed E-state index contributed by atoms with van der Waals surface area (Å²) in [6.45, 7) is 4.26. The first-order valence-corrected chi connectivity index (χ1v) is 9.78. The van der Waals surface area contributed by atoms with E-state index in [0.717, 1.165) is 35.8 Å². The molecule has 1 fully saturated rings. The third kappa shape index (κ3) is 3.97. The average Bonchev–Trinajstić information content (AvgIpc) is 3.03. The van der Waals surface area contributed by atoms with Crippen molar-refractivity contribution in [3.8, 4) is 0 Å². The monoisotopic (exact) mass is 362 g/mol. The first kappa shape index (κ1) is 17.6. The molecule has 4 rings (SSSR count). The van der Waals surface area contributed by atoms with Crippen LogP contribution in [0.15, 0.2) is 48.7 Å². The quantitative estimate of drug-likeness (QED) is 0.740. The van der Waals surface area contributed by atoms with E-state index >= 15 is 0 Å². The number of nitrogens with one attached hydrogen (secondary N) is 1. The molecule has 140 valence electrons. The van der Waals surface area contributed by atoms with Gasteiger partial charge in [0, 0.05) is 42.8 Å². The zero-order chi connectivity index (χ0) is 18.6. The fraction of sp³-hybridized carbons (Fsp3) is 0.364. The Hall–Kier alpha value is -2.82. The van der Waals surface area contributed by atoms with Crippen LogP contribution in [0.4, 0.5) is 11.4 Å². The van der Waals surface area contributed by atoms with Crippen LogP contribution in [0.25, 0.3) is 5.65 Å². The van der Waals surface area contributed by atoms with Gasteiger partial charge < -0.3 is 14.6 Å². The second kappa shape index (κ2) is 7.82. The van der Waals surface area contributed by atoms with Gasteiger partial charge in [0.15, 0.2) is 0 Å². The first-order valence-electron chi connectivity index (χ1n) is 9.78. The number of nitrogens with zero attached hydrogens (tertiary/aromatic N) is 3. The molecule has 3 heterocycles. The second-order valence-electron chi connectivity index (χ2n) is 7.22. The number of amides is 1. The summed E-state index contributed by atoms with van der Waals surface area (Å²) in [6, 6.07) is 14.2. The molecule has 1 amide bonds. The van der Waals surface area contributed by atoms with E-state index in [9.17, 15) is 4.79 Å². The Morgan fingerprint density at radius 2 is 1.85 bits per heavy atom. The summed E-state index contributed by atoms with van der Waals surface area (Å²) < 4.78 is 2.07. The number of carbonyl (C=O) groups is 1. The number of piperidine rings is 1. The van der Waals surface area contributed by atoms with Gasteiger partial charge in [-0.15, -0.1) is 0 Å². The molecular formula is C22H26N4O. The Bertz CT molecular complexity index is 923. The van der Waals surface area contributed by atoms with Crippen molar-refractivity contribution >= 4 is 22.9 Å². The van der Waals surface area contributed by atoms with Gasteiger partial charge in [0.2, 0.25) is 5.91 Å². The first-order chi connectivity index (χ1) is 13.2. The molecule has 0 saturated carbocycles. The highest BCUT2D eigenvalue weighted by Gasteiger charge is 2.12. The van der Waals surface area contributed by atoms with E-state index in [2.05, 4.69) is 31.7 Å². The van der Waals surface area contributed by atoms with Gasteiger partial charge in [0.25, 0.3) is 0 Å². The fourth-order valence-corrected chi connectivity index (χ4v) is 3.83. The van der Waals surface area contributed by atoms with Gasteiger partial charge in [0.1, 0.15) is 5.65 Å². The van der Waals surface area contributed by atoms with Crippen LogP contribution in [-0.4, -0.2) is 28.4 Å². The van der Waals surface area contributed by atoms with E-state index in [1.54, 1.807) is 0 Å². The van der Waals surface area contributed by atoms with Crippen molar-refractivity contribution in [2.75, 3.05) is 23.3 Å². The molecule has 1 aliphatic rings. The summed E-state index contributed by atoms with van der Waals surface area (Å²) in [6.07, 6.45) is 6.98. The third-order valence-electron chi connectivity index (χ3n) is 5.29. The maximum absolute atomic E-state index is 12.4. The van der Waals surface area contributed by atoms with Crippen LogP contribution in [0, 0.1) is 6.92 Å². The molecule has 5 heteroatoms. The van der Waals surface area contributed by atoms with Crippen LogP contribution in [0.2, 0.25) is 0 Å². The third-order valence-corrected chi connectivity index (χ3v) is 5.29. The predicted molar refractivity (Wildman–Crippen MR) is 109 cm³/mol. The van der Waals surface area contributed by atoms with Crippen molar-refractivity contribution in [1.82, 2.24) is 9.38 Å². The largest absolute Gasteiger partial charge is 0.372 e. The lowest BCUT2D eigenvalue weighted by atomic mass is 10.1. The molecule has 1 saturated heterocycles. The van der Waals surface area contributed by atoms with Gasteiger partial charge in [-0.3, -0.25) is 4.79 Å². The summed E-state index contributed by atoms with van der Waals surface area (Å²) in [7, 11) is 0. The number of pyridine rings is 1. The van der Waals surface area contributed by atoms with E-state index in [-0.39, 0.29) is 5.91 Å². The van der Waals surface area contributed by atoms with Crippen LogP contribution in [-0.2, 0) is 11.2 Å². The number of carbonyl (C=O) groups excluding carboxylic acids is 1. The van der Waals surface area contributed by atoms with Gasteiger partial charge in [-0.2, -0.15) is 0 Å². The number of fused-ring (bicyclic) bond motifs is 1. The highest BCUT2D eigenvalue weighted by atomic mass is 16.1. The highest BCUT2D eigenvalue weighted by molar-refractivity contribution is 5.91.